The summed E-state index contributed by atoms with van der Waals surface area (Å²) in [6.07, 6.45) is 0. The second-order valence-corrected chi connectivity index (χ2v) is 4.72. The maximum Gasteiger partial charge on any atom is 0.340 e. The number of hydrogen-bond acceptors (Lipinski definition) is 4. The molecule has 0 amide bonds. The number of rotatable bonds is 4. The van der Waals surface area contributed by atoms with E-state index in [1.54, 1.807) is 11.9 Å². The molecule has 0 spiro atoms. The number of anilines is 2. The highest BCUT2D eigenvalue weighted by atomic mass is 19.1. The largest absolute Gasteiger partial charge is 0.465 e. The van der Waals surface area contributed by atoms with Gasteiger partial charge >= 0.3 is 5.97 Å². The molecule has 0 saturated heterocycles. The molecule has 0 fully saturated rings. The maximum atomic E-state index is 13.7. The van der Waals surface area contributed by atoms with Gasteiger partial charge in [-0.25, -0.2) is 9.18 Å². The molecule has 5 heteroatoms. The molecule has 4 nitrogen and oxygen atoms in total. The molecule has 0 aliphatic carbocycles. The molecule has 0 saturated carbocycles. The highest BCUT2D eigenvalue weighted by molar-refractivity contribution is 5.98. The summed E-state index contributed by atoms with van der Waals surface area (Å²) < 4.78 is 18.3. The fourth-order valence-corrected chi connectivity index (χ4v) is 2.14. The van der Waals surface area contributed by atoms with E-state index in [0.717, 1.165) is 11.6 Å². The van der Waals surface area contributed by atoms with Gasteiger partial charge in [-0.05, 0) is 17.7 Å². The Bertz CT molecular complexity index is 644. The van der Waals surface area contributed by atoms with E-state index in [2.05, 4.69) is 4.74 Å². The van der Waals surface area contributed by atoms with Gasteiger partial charge in [-0.1, -0.05) is 30.3 Å². The number of esters is 1. The van der Waals surface area contributed by atoms with Gasteiger partial charge in [-0.3, -0.25) is 0 Å². The minimum atomic E-state index is -0.652. The van der Waals surface area contributed by atoms with E-state index in [1.807, 2.05) is 30.3 Å². The molecule has 0 aromatic heterocycles. The highest BCUT2D eigenvalue weighted by Gasteiger charge is 2.17. The van der Waals surface area contributed by atoms with E-state index in [9.17, 15) is 9.18 Å². The van der Waals surface area contributed by atoms with Crippen LogP contribution in [0.4, 0.5) is 15.8 Å². The van der Waals surface area contributed by atoms with E-state index in [0.29, 0.717) is 12.2 Å². The van der Waals surface area contributed by atoms with Crippen molar-refractivity contribution in [3.63, 3.8) is 0 Å². The molecule has 2 rings (SSSR count). The monoisotopic (exact) mass is 288 g/mol. The summed E-state index contributed by atoms with van der Waals surface area (Å²) in [6.45, 7) is 0.551. The van der Waals surface area contributed by atoms with Gasteiger partial charge in [0.05, 0.1) is 24.0 Å². The Morgan fingerprint density at radius 2 is 1.95 bits per heavy atom. The van der Waals surface area contributed by atoms with E-state index >= 15 is 0 Å². The Balaban J connectivity index is 2.34. The first-order chi connectivity index (χ1) is 10.0. The summed E-state index contributed by atoms with van der Waals surface area (Å²) >= 11 is 0. The van der Waals surface area contributed by atoms with Crippen molar-refractivity contribution < 1.29 is 13.9 Å². The Kier molecular flexibility index (Phi) is 4.42. The molecule has 0 bridgehead atoms. The van der Waals surface area contributed by atoms with Crippen LogP contribution < -0.4 is 10.6 Å². The van der Waals surface area contributed by atoms with Crippen LogP contribution in [-0.4, -0.2) is 20.1 Å². The first kappa shape index (κ1) is 14.8. The standard InChI is InChI=1S/C16H17FN2O2/c1-19(10-11-6-4-3-5-7-11)14-9-12(17)8-13(15(14)18)16(20)21-2/h3-9H,10,18H2,1-2H3. The lowest BCUT2D eigenvalue weighted by atomic mass is 10.1. The molecule has 0 atom stereocenters. The van der Waals surface area contributed by atoms with Crippen LogP contribution >= 0.6 is 0 Å². The minimum absolute atomic E-state index is 0.0346. The Morgan fingerprint density at radius 1 is 1.29 bits per heavy atom. The zero-order chi connectivity index (χ0) is 15.4. The molecule has 2 aromatic rings. The zero-order valence-corrected chi connectivity index (χ0v) is 12.0. The molecule has 0 aliphatic heterocycles. The van der Waals surface area contributed by atoms with Gasteiger partial charge in [0.1, 0.15) is 5.82 Å². The molecule has 0 aliphatic rings. The normalized spacial score (nSPS) is 10.2. The summed E-state index contributed by atoms with van der Waals surface area (Å²) in [7, 11) is 3.03. The molecule has 21 heavy (non-hydrogen) atoms. The van der Waals surface area contributed by atoms with Crippen molar-refractivity contribution in [1.29, 1.82) is 0 Å². The molecule has 2 N–H and O–H groups in total. The van der Waals surface area contributed by atoms with Crippen LogP contribution in [0.2, 0.25) is 0 Å². The lowest BCUT2D eigenvalue weighted by Crippen LogP contribution is -2.19. The number of nitrogens with two attached hydrogens (primary N) is 1. The number of nitrogen functional groups attached to an aromatic ring is 1. The summed E-state index contributed by atoms with van der Waals surface area (Å²) in [4.78, 5) is 13.4. The van der Waals surface area contributed by atoms with Crippen molar-refractivity contribution in [2.45, 2.75) is 6.54 Å². The minimum Gasteiger partial charge on any atom is -0.465 e. The van der Waals surface area contributed by atoms with Gasteiger partial charge in [-0.15, -0.1) is 0 Å². The van der Waals surface area contributed by atoms with Crippen LogP contribution in [-0.2, 0) is 11.3 Å². The topological polar surface area (TPSA) is 55.6 Å². The third-order valence-electron chi connectivity index (χ3n) is 3.20. The number of methoxy groups -OCH3 is 1. The van der Waals surface area contributed by atoms with Gasteiger partial charge in [0.15, 0.2) is 0 Å². The van der Waals surface area contributed by atoms with Gasteiger partial charge in [0.2, 0.25) is 0 Å². The first-order valence-electron chi connectivity index (χ1n) is 6.45. The van der Waals surface area contributed by atoms with Gasteiger partial charge in [-0.2, -0.15) is 0 Å². The Labute approximate surface area is 122 Å². The molecule has 110 valence electrons. The van der Waals surface area contributed by atoms with Crippen molar-refractivity contribution >= 4 is 17.3 Å². The maximum absolute atomic E-state index is 13.7. The smallest absolute Gasteiger partial charge is 0.340 e. The van der Waals surface area contributed by atoms with E-state index in [4.69, 9.17) is 5.73 Å². The molecule has 2 aromatic carbocycles. The molecular weight excluding hydrogens is 271 g/mol. The third-order valence-corrected chi connectivity index (χ3v) is 3.20. The highest BCUT2D eigenvalue weighted by Crippen LogP contribution is 2.29. The number of nitrogens with zero attached hydrogens (tertiary/aromatic N) is 1. The molecule has 0 radical (unpaired) electrons. The van der Waals surface area contributed by atoms with Crippen LogP contribution in [0.1, 0.15) is 15.9 Å². The van der Waals surface area contributed by atoms with E-state index < -0.39 is 11.8 Å². The van der Waals surface area contributed by atoms with Crippen molar-refractivity contribution in [2.24, 2.45) is 0 Å². The van der Waals surface area contributed by atoms with Gasteiger partial charge in [0.25, 0.3) is 0 Å². The van der Waals surface area contributed by atoms with Crippen molar-refractivity contribution in [1.82, 2.24) is 0 Å². The van der Waals surface area contributed by atoms with Crippen LogP contribution in [0.15, 0.2) is 42.5 Å². The van der Waals surface area contributed by atoms with E-state index in [-0.39, 0.29) is 11.3 Å². The Hall–Kier alpha value is -2.56. The fourth-order valence-electron chi connectivity index (χ4n) is 2.14. The third kappa shape index (κ3) is 3.31. The second kappa shape index (κ2) is 6.26. The average molecular weight is 288 g/mol. The zero-order valence-electron chi connectivity index (χ0n) is 12.0. The van der Waals surface area contributed by atoms with Crippen molar-refractivity contribution in [3.8, 4) is 0 Å². The number of ether oxygens (including phenoxy) is 1. The molecule has 0 heterocycles. The van der Waals surface area contributed by atoms with Crippen LogP contribution in [0.25, 0.3) is 0 Å². The quantitative estimate of drug-likeness (QED) is 0.694. The predicted octanol–water partition coefficient (Wildman–Crippen LogP) is 2.83. The Morgan fingerprint density at radius 3 is 2.57 bits per heavy atom. The van der Waals surface area contributed by atoms with Gasteiger partial charge in [0, 0.05) is 13.6 Å². The SMILES string of the molecule is COC(=O)c1cc(F)cc(N(C)Cc2ccccc2)c1N. The van der Waals surface area contributed by atoms with Gasteiger partial charge < -0.3 is 15.4 Å². The lowest BCUT2D eigenvalue weighted by Gasteiger charge is -2.22. The number of benzene rings is 2. The molecular formula is C16H17FN2O2. The predicted molar refractivity (Wildman–Crippen MR) is 80.7 cm³/mol. The van der Waals surface area contributed by atoms with Crippen molar-refractivity contribution in [2.75, 3.05) is 24.8 Å². The number of carbonyl (C=O) groups excluding carboxylic acids is 1. The molecule has 0 unspecified atom stereocenters. The summed E-state index contributed by atoms with van der Waals surface area (Å²) in [5.41, 5.74) is 7.73. The van der Waals surface area contributed by atoms with Crippen LogP contribution in [0.3, 0.4) is 0 Å². The van der Waals surface area contributed by atoms with E-state index in [1.165, 1.54) is 13.2 Å². The number of carbonyl (C=O) groups is 1. The summed E-state index contributed by atoms with van der Waals surface area (Å²) in [5, 5.41) is 0. The van der Waals surface area contributed by atoms with Crippen LogP contribution in [0, 0.1) is 5.82 Å². The first-order valence-corrected chi connectivity index (χ1v) is 6.45. The van der Waals surface area contributed by atoms with Crippen molar-refractivity contribution in [3.05, 3.63) is 59.4 Å². The fraction of sp³-hybridized carbons (Fsp3) is 0.188. The van der Waals surface area contributed by atoms with Crippen LogP contribution in [0.5, 0.6) is 0 Å². The lowest BCUT2D eigenvalue weighted by molar-refractivity contribution is 0.0601. The second-order valence-electron chi connectivity index (χ2n) is 4.72. The average Bonchev–Trinajstić information content (AvgIpc) is 2.49. The summed E-state index contributed by atoms with van der Waals surface area (Å²) in [6, 6.07) is 12.1. The number of hydrogen-bond donors (Lipinski definition) is 1. The number of halogens is 1. The summed E-state index contributed by atoms with van der Waals surface area (Å²) in [5.74, 6) is -1.18.